The number of hydrogen-bond donors (Lipinski definition) is 0. The Balaban J connectivity index is 1.59. The summed E-state index contributed by atoms with van der Waals surface area (Å²) in [7, 11) is 0. The van der Waals surface area contributed by atoms with Gasteiger partial charge in [0.2, 0.25) is 5.91 Å². The summed E-state index contributed by atoms with van der Waals surface area (Å²) in [6.45, 7) is 1.39. The van der Waals surface area contributed by atoms with Gasteiger partial charge in [0.25, 0.3) is 17.5 Å². The minimum atomic E-state index is -0.813. The summed E-state index contributed by atoms with van der Waals surface area (Å²) in [6.07, 6.45) is 3.33. The number of pyridine rings is 1. The van der Waals surface area contributed by atoms with Crippen LogP contribution < -0.4 is 0 Å². The fraction of sp³-hybridized carbons (Fsp3) is 0.300. The molecule has 1 aliphatic heterocycles. The first-order chi connectivity index (χ1) is 13.9. The lowest BCUT2D eigenvalue weighted by Gasteiger charge is -2.30. The number of carbonyl (C=O) groups is 3. The lowest BCUT2D eigenvalue weighted by Crippen LogP contribution is -2.44. The first-order valence-corrected chi connectivity index (χ1v) is 9.26. The number of carbonyl (C=O) groups excluding carboxylic acids is 3. The molecule has 1 saturated carbocycles. The van der Waals surface area contributed by atoms with Crippen molar-refractivity contribution < 1.29 is 19.3 Å². The molecule has 0 radical (unpaired) electrons. The smallest absolute Gasteiger partial charge is 0.282 e. The zero-order chi connectivity index (χ0) is 20.7. The van der Waals surface area contributed by atoms with Gasteiger partial charge in [0.05, 0.1) is 22.2 Å². The molecule has 4 rings (SSSR count). The molecule has 1 aliphatic carbocycles. The molecular formula is C20H18N4O5. The number of nitro benzene ring substituents is 1. The summed E-state index contributed by atoms with van der Waals surface area (Å²) in [5.74, 6) is -1.89. The predicted molar refractivity (Wildman–Crippen MR) is 101 cm³/mol. The molecular weight excluding hydrogens is 376 g/mol. The quantitative estimate of drug-likeness (QED) is 0.422. The van der Waals surface area contributed by atoms with Crippen LogP contribution in [-0.2, 0) is 4.79 Å². The van der Waals surface area contributed by atoms with Crippen LogP contribution in [0.1, 0.15) is 52.2 Å². The van der Waals surface area contributed by atoms with Gasteiger partial charge in [0.15, 0.2) is 0 Å². The van der Waals surface area contributed by atoms with Gasteiger partial charge in [0.1, 0.15) is 12.1 Å². The normalized spacial score (nSPS) is 16.5. The maximum atomic E-state index is 13.1. The van der Waals surface area contributed by atoms with Crippen LogP contribution >= 0.6 is 0 Å². The lowest BCUT2D eigenvalue weighted by molar-refractivity contribution is -0.385. The highest BCUT2D eigenvalue weighted by atomic mass is 16.6. The molecule has 0 bridgehead atoms. The summed E-state index contributed by atoms with van der Waals surface area (Å²) in [5, 5.41) is 11.2. The van der Waals surface area contributed by atoms with Gasteiger partial charge in [-0.3, -0.25) is 34.4 Å². The fourth-order valence-electron chi connectivity index (χ4n) is 3.68. The molecule has 9 heteroatoms. The second-order valence-corrected chi connectivity index (χ2v) is 7.12. The van der Waals surface area contributed by atoms with Crippen LogP contribution in [0.4, 0.5) is 5.69 Å². The summed E-state index contributed by atoms with van der Waals surface area (Å²) < 4.78 is 0. The summed E-state index contributed by atoms with van der Waals surface area (Å²) in [4.78, 5) is 55.8. The number of fused-ring (bicyclic) bond motifs is 1. The first kappa shape index (κ1) is 18.7. The average Bonchev–Trinajstić information content (AvgIpc) is 3.52. The molecule has 0 saturated heterocycles. The van der Waals surface area contributed by atoms with Crippen molar-refractivity contribution in [3.8, 4) is 0 Å². The Hall–Kier alpha value is -3.62. The molecule has 0 spiro atoms. The van der Waals surface area contributed by atoms with Crippen molar-refractivity contribution in [1.29, 1.82) is 0 Å². The van der Waals surface area contributed by atoms with Crippen molar-refractivity contribution in [2.45, 2.75) is 31.8 Å². The Morgan fingerprint density at radius 1 is 1.24 bits per heavy atom. The van der Waals surface area contributed by atoms with E-state index in [1.54, 1.807) is 17.2 Å². The van der Waals surface area contributed by atoms with Crippen molar-refractivity contribution in [3.63, 3.8) is 0 Å². The van der Waals surface area contributed by atoms with E-state index in [0.717, 1.165) is 17.7 Å². The summed E-state index contributed by atoms with van der Waals surface area (Å²) >= 11 is 0. The van der Waals surface area contributed by atoms with Gasteiger partial charge in [-0.05, 0) is 38.0 Å². The number of rotatable bonds is 6. The van der Waals surface area contributed by atoms with E-state index in [2.05, 4.69) is 4.98 Å². The van der Waals surface area contributed by atoms with Crippen LogP contribution in [0.15, 0.2) is 42.6 Å². The van der Waals surface area contributed by atoms with Crippen LogP contribution in [0.5, 0.6) is 0 Å². The van der Waals surface area contributed by atoms with Gasteiger partial charge >= 0.3 is 0 Å². The minimum absolute atomic E-state index is 0.0315. The first-order valence-electron chi connectivity index (χ1n) is 9.26. The van der Waals surface area contributed by atoms with Crippen molar-refractivity contribution in [2.24, 2.45) is 0 Å². The Kier molecular flexibility index (Phi) is 4.57. The number of nitro groups is 1. The van der Waals surface area contributed by atoms with E-state index in [1.165, 1.54) is 18.2 Å². The van der Waals surface area contributed by atoms with Crippen LogP contribution in [0.2, 0.25) is 0 Å². The number of nitrogens with zero attached hydrogens (tertiary/aromatic N) is 4. The number of benzene rings is 1. The van der Waals surface area contributed by atoms with Crippen LogP contribution in [-0.4, -0.2) is 50.0 Å². The Bertz CT molecular complexity index is 1020. The summed E-state index contributed by atoms with van der Waals surface area (Å²) in [5.41, 5.74) is -0.0266. The molecule has 29 heavy (non-hydrogen) atoms. The van der Waals surface area contributed by atoms with Crippen LogP contribution in [0.3, 0.4) is 0 Å². The van der Waals surface area contributed by atoms with Gasteiger partial charge in [0, 0.05) is 18.3 Å². The highest BCUT2D eigenvalue weighted by Crippen LogP contribution is 2.35. The molecule has 1 aromatic heterocycles. The number of hydrogen-bond acceptors (Lipinski definition) is 6. The van der Waals surface area contributed by atoms with Gasteiger partial charge in [-0.25, -0.2) is 0 Å². The lowest BCUT2D eigenvalue weighted by atomic mass is 10.1. The second-order valence-electron chi connectivity index (χ2n) is 7.12. The van der Waals surface area contributed by atoms with Crippen molar-refractivity contribution in [2.75, 3.05) is 6.54 Å². The second kappa shape index (κ2) is 7.08. The van der Waals surface area contributed by atoms with E-state index >= 15 is 0 Å². The molecule has 2 heterocycles. The Morgan fingerprint density at radius 2 is 2.00 bits per heavy atom. The third-order valence-corrected chi connectivity index (χ3v) is 5.23. The van der Waals surface area contributed by atoms with Crippen molar-refractivity contribution >= 4 is 23.4 Å². The van der Waals surface area contributed by atoms with E-state index in [9.17, 15) is 24.5 Å². The highest BCUT2D eigenvalue weighted by Gasteiger charge is 2.44. The van der Waals surface area contributed by atoms with Gasteiger partial charge in [-0.2, -0.15) is 0 Å². The number of aromatic nitrogens is 1. The third-order valence-electron chi connectivity index (χ3n) is 5.23. The topological polar surface area (TPSA) is 114 Å². The zero-order valence-corrected chi connectivity index (χ0v) is 15.6. The molecule has 1 fully saturated rings. The SMILES string of the molecule is CC(c1ccccn1)N(C(=O)CN1C(=O)c2cccc([N+](=O)[O-])c2C1=O)C1CC1. The Morgan fingerprint density at radius 3 is 2.62 bits per heavy atom. The third kappa shape index (κ3) is 3.24. The molecule has 9 nitrogen and oxygen atoms in total. The largest absolute Gasteiger partial charge is 0.330 e. The molecule has 2 aliphatic rings. The molecule has 2 aromatic rings. The highest BCUT2D eigenvalue weighted by molar-refractivity contribution is 6.24. The Labute approximate surface area is 166 Å². The minimum Gasteiger partial charge on any atom is -0.330 e. The molecule has 148 valence electrons. The maximum absolute atomic E-state index is 13.1. The van der Waals surface area contributed by atoms with Gasteiger partial charge < -0.3 is 4.90 Å². The van der Waals surface area contributed by atoms with E-state index in [4.69, 9.17) is 0 Å². The summed E-state index contributed by atoms with van der Waals surface area (Å²) in [6, 6.07) is 9.04. The molecule has 3 amide bonds. The van der Waals surface area contributed by atoms with E-state index < -0.39 is 29.0 Å². The van der Waals surface area contributed by atoms with Crippen LogP contribution in [0, 0.1) is 10.1 Å². The van der Waals surface area contributed by atoms with Gasteiger partial charge in [-0.1, -0.05) is 12.1 Å². The predicted octanol–water partition coefficient (Wildman–Crippen LogP) is 2.34. The monoisotopic (exact) mass is 394 g/mol. The molecule has 1 aromatic carbocycles. The molecule has 1 atom stereocenters. The van der Waals surface area contributed by atoms with Gasteiger partial charge in [-0.15, -0.1) is 0 Å². The van der Waals surface area contributed by atoms with E-state index in [-0.39, 0.29) is 29.1 Å². The fourth-order valence-corrected chi connectivity index (χ4v) is 3.68. The van der Waals surface area contributed by atoms with Crippen molar-refractivity contribution in [1.82, 2.24) is 14.8 Å². The van der Waals surface area contributed by atoms with E-state index in [0.29, 0.717) is 5.69 Å². The van der Waals surface area contributed by atoms with Crippen LogP contribution in [0.25, 0.3) is 0 Å². The van der Waals surface area contributed by atoms with E-state index in [1.807, 2.05) is 19.1 Å². The molecule has 1 unspecified atom stereocenters. The average molecular weight is 394 g/mol. The standard InChI is InChI=1S/C20H18N4O5/c1-12(15-6-2-3-10-21-15)23(13-8-9-13)17(25)11-22-19(26)14-5-4-7-16(24(28)29)18(14)20(22)27/h2-7,10,12-13H,8-9,11H2,1H3. The molecule has 0 N–H and O–H groups in total. The maximum Gasteiger partial charge on any atom is 0.282 e. The number of imide groups is 1. The zero-order valence-electron chi connectivity index (χ0n) is 15.6. The van der Waals surface area contributed by atoms with Crippen molar-refractivity contribution in [3.05, 3.63) is 69.5 Å². The number of amides is 3.